The number of rotatable bonds is 6. The quantitative estimate of drug-likeness (QED) is 0.479. The van der Waals surface area contributed by atoms with Gasteiger partial charge in [0.05, 0.1) is 12.8 Å². The second kappa shape index (κ2) is 8.25. The SMILES string of the molecule is CNC(=O)/C(=N/OC)c1ccc(Oc2nc(C)c(C(=O)OC)s2)cc1. The van der Waals surface area contributed by atoms with Crippen molar-refractivity contribution >= 4 is 28.9 Å². The number of likely N-dealkylation sites (N-methyl/N-ethyl adjacent to an activating group) is 1. The number of hydrogen-bond acceptors (Lipinski definition) is 8. The number of carbonyl (C=O) groups excluding carboxylic acids is 2. The molecule has 0 fully saturated rings. The van der Waals surface area contributed by atoms with Crippen molar-refractivity contribution in [2.75, 3.05) is 21.3 Å². The van der Waals surface area contributed by atoms with E-state index in [-0.39, 0.29) is 11.6 Å². The first-order valence-corrected chi connectivity index (χ1v) is 7.99. The zero-order valence-corrected chi connectivity index (χ0v) is 15.0. The lowest BCUT2D eigenvalue weighted by Crippen LogP contribution is -2.28. The van der Waals surface area contributed by atoms with Gasteiger partial charge in [-0.15, -0.1) is 0 Å². The van der Waals surface area contributed by atoms with Gasteiger partial charge in [-0.05, 0) is 31.2 Å². The molecule has 8 nitrogen and oxygen atoms in total. The van der Waals surface area contributed by atoms with E-state index in [4.69, 9.17) is 14.3 Å². The summed E-state index contributed by atoms with van der Waals surface area (Å²) in [5.41, 5.74) is 1.26. The monoisotopic (exact) mass is 363 g/mol. The maximum Gasteiger partial charge on any atom is 0.350 e. The number of esters is 1. The molecule has 1 aromatic heterocycles. The predicted octanol–water partition coefficient (Wildman–Crippen LogP) is 2.13. The number of carbonyl (C=O) groups is 2. The molecule has 1 N–H and O–H groups in total. The third-order valence-corrected chi connectivity index (χ3v) is 4.12. The van der Waals surface area contributed by atoms with Crippen molar-refractivity contribution in [1.29, 1.82) is 0 Å². The van der Waals surface area contributed by atoms with Gasteiger partial charge in [-0.2, -0.15) is 0 Å². The number of aryl methyl sites for hydroxylation is 1. The molecule has 0 radical (unpaired) electrons. The van der Waals surface area contributed by atoms with Crippen molar-refractivity contribution in [2.24, 2.45) is 5.16 Å². The normalized spacial score (nSPS) is 11.0. The van der Waals surface area contributed by atoms with Crippen LogP contribution in [0.1, 0.15) is 20.9 Å². The van der Waals surface area contributed by atoms with Crippen LogP contribution in [0.2, 0.25) is 0 Å². The van der Waals surface area contributed by atoms with Crippen LogP contribution in [0.15, 0.2) is 29.4 Å². The van der Waals surface area contributed by atoms with Gasteiger partial charge in [0.2, 0.25) is 0 Å². The molecule has 0 aliphatic heterocycles. The summed E-state index contributed by atoms with van der Waals surface area (Å²) in [7, 11) is 4.19. The number of nitrogens with one attached hydrogen (secondary N) is 1. The Morgan fingerprint density at radius 2 is 1.88 bits per heavy atom. The molecular weight excluding hydrogens is 346 g/mol. The minimum atomic E-state index is -0.453. The number of benzene rings is 1. The summed E-state index contributed by atoms with van der Waals surface area (Å²) in [6.45, 7) is 1.70. The van der Waals surface area contributed by atoms with Crippen molar-refractivity contribution in [1.82, 2.24) is 10.3 Å². The molecule has 2 rings (SSSR count). The molecule has 0 unspecified atom stereocenters. The van der Waals surface area contributed by atoms with Crippen molar-refractivity contribution in [3.05, 3.63) is 40.4 Å². The van der Waals surface area contributed by atoms with E-state index >= 15 is 0 Å². The Hall–Kier alpha value is -2.94. The van der Waals surface area contributed by atoms with Gasteiger partial charge in [0.1, 0.15) is 17.7 Å². The lowest BCUT2D eigenvalue weighted by atomic mass is 10.1. The summed E-state index contributed by atoms with van der Waals surface area (Å²) >= 11 is 1.10. The van der Waals surface area contributed by atoms with Gasteiger partial charge in [0.25, 0.3) is 11.1 Å². The highest BCUT2D eigenvalue weighted by Gasteiger charge is 2.17. The Labute approximate surface area is 148 Å². The number of hydrogen-bond donors (Lipinski definition) is 1. The third kappa shape index (κ3) is 4.32. The number of aromatic nitrogens is 1. The third-order valence-electron chi connectivity index (χ3n) is 3.11. The van der Waals surface area contributed by atoms with Gasteiger partial charge < -0.3 is 19.6 Å². The smallest absolute Gasteiger partial charge is 0.350 e. The molecular formula is C16H17N3O5S. The molecule has 132 valence electrons. The van der Waals surface area contributed by atoms with E-state index in [0.717, 1.165) is 11.3 Å². The zero-order valence-electron chi connectivity index (χ0n) is 14.2. The maximum atomic E-state index is 11.8. The topological polar surface area (TPSA) is 99.1 Å². The minimum absolute atomic E-state index is 0.148. The van der Waals surface area contributed by atoms with Crippen LogP contribution in [0.3, 0.4) is 0 Å². The number of methoxy groups -OCH3 is 1. The molecule has 0 aliphatic carbocycles. The molecule has 0 atom stereocenters. The molecule has 1 heterocycles. The van der Waals surface area contributed by atoms with E-state index in [9.17, 15) is 9.59 Å². The Kier molecular flexibility index (Phi) is 6.07. The molecule has 0 aliphatic rings. The van der Waals surface area contributed by atoms with Crippen LogP contribution in [0.25, 0.3) is 0 Å². The highest BCUT2D eigenvalue weighted by molar-refractivity contribution is 7.15. The van der Waals surface area contributed by atoms with E-state index in [1.807, 2.05) is 0 Å². The Morgan fingerprint density at radius 3 is 2.44 bits per heavy atom. The van der Waals surface area contributed by atoms with E-state index in [1.165, 1.54) is 21.3 Å². The summed E-state index contributed by atoms with van der Waals surface area (Å²) in [5, 5.41) is 6.54. The first-order valence-electron chi connectivity index (χ1n) is 7.17. The van der Waals surface area contributed by atoms with Gasteiger partial charge in [0.15, 0.2) is 5.71 Å². The summed E-state index contributed by atoms with van der Waals surface area (Å²) < 4.78 is 10.3. The summed E-state index contributed by atoms with van der Waals surface area (Å²) in [5.74, 6) is -0.317. The fourth-order valence-electron chi connectivity index (χ4n) is 1.91. The first-order chi connectivity index (χ1) is 12.0. The first kappa shape index (κ1) is 18.4. The van der Waals surface area contributed by atoms with E-state index < -0.39 is 5.97 Å². The maximum absolute atomic E-state index is 11.8. The Balaban J connectivity index is 2.19. The van der Waals surface area contributed by atoms with Crippen LogP contribution in [0.5, 0.6) is 10.9 Å². The predicted molar refractivity (Wildman–Crippen MR) is 92.3 cm³/mol. The average molecular weight is 363 g/mol. The number of thiazole rings is 1. The number of amides is 1. The van der Waals surface area contributed by atoms with Crippen molar-refractivity contribution in [3.63, 3.8) is 0 Å². The second-order valence-corrected chi connectivity index (χ2v) is 5.68. The highest BCUT2D eigenvalue weighted by Crippen LogP contribution is 2.29. The lowest BCUT2D eigenvalue weighted by Gasteiger charge is -2.06. The van der Waals surface area contributed by atoms with Gasteiger partial charge >= 0.3 is 5.97 Å². The second-order valence-electron chi connectivity index (χ2n) is 4.71. The number of ether oxygens (including phenoxy) is 2. The van der Waals surface area contributed by atoms with Crippen molar-refractivity contribution in [3.8, 4) is 10.9 Å². The average Bonchev–Trinajstić information content (AvgIpc) is 2.99. The molecule has 1 amide bonds. The summed E-state index contributed by atoms with van der Waals surface area (Å²) in [6, 6.07) is 6.67. The Morgan fingerprint density at radius 1 is 1.20 bits per heavy atom. The minimum Gasteiger partial charge on any atom is -0.465 e. The van der Waals surface area contributed by atoms with Gasteiger partial charge in [-0.1, -0.05) is 16.5 Å². The molecule has 0 saturated heterocycles. The molecule has 2 aromatic rings. The van der Waals surface area contributed by atoms with Gasteiger partial charge in [-0.3, -0.25) is 4.79 Å². The van der Waals surface area contributed by atoms with Crippen LogP contribution in [0.4, 0.5) is 0 Å². The van der Waals surface area contributed by atoms with Crippen LogP contribution in [0, 0.1) is 6.92 Å². The van der Waals surface area contributed by atoms with Crippen LogP contribution >= 0.6 is 11.3 Å². The van der Waals surface area contributed by atoms with Crippen molar-refractivity contribution in [2.45, 2.75) is 6.92 Å². The van der Waals surface area contributed by atoms with Crippen LogP contribution in [-0.2, 0) is 14.4 Å². The van der Waals surface area contributed by atoms with Crippen molar-refractivity contribution < 1.29 is 23.9 Å². The lowest BCUT2D eigenvalue weighted by molar-refractivity contribution is -0.114. The zero-order chi connectivity index (χ0) is 18.4. The molecule has 9 heteroatoms. The molecule has 0 bridgehead atoms. The molecule has 0 saturated carbocycles. The van der Waals surface area contributed by atoms with E-state index in [0.29, 0.717) is 27.1 Å². The Bertz CT molecular complexity index is 799. The van der Waals surface area contributed by atoms with E-state index in [2.05, 4.69) is 15.5 Å². The molecule has 1 aromatic carbocycles. The summed E-state index contributed by atoms with van der Waals surface area (Å²) in [6.07, 6.45) is 0. The number of oxime groups is 1. The largest absolute Gasteiger partial charge is 0.465 e. The molecule has 0 spiro atoms. The van der Waals surface area contributed by atoms with Gasteiger partial charge in [-0.25, -0.2) is 9.78 Å². The standard InChI is InChI=1S/C16H17N3O5S/c1-9-13(15(21)22-3)25-16(18-9)24-11-7-5-10(6-8-11)12(19-23-4)14(20)17-2/h5-8H,1-4H3,(H,17,20)/b19-12+. The fourth-order valence-corrected chi connectivity index (χ4v) is 2.77. The summed E-state index contributed by atoms with van der Waals surface area (Å²) in [4.78, 5) is 32.7. The van der Waals surface area contributed by atoms with Crippen LogP contribution < -0.4 is 10.1 Å². The van der Waals surface area contributed by atoms with Crippen LogP contribution in [-0.4, -0.2) is 43.8 Å². The molecule has 25 heavy (non-hydrogen) atoms. The number of nitrogens with zero attached hydrogens (tertiary/aromatic N) is 2. The highest BCUT2D eigenvalue weighted by atomic mass is 32.1. The van der Waals surface area contributed by atoms with Gasteiger partial charge in [0, 0.05) is 12.6 Å². The van der Waals surface area contributed by atoms with E-state index in [1.54, 1.807) is 31.2 Å². The fraction of sp³-hybridized carbons (Fsp3) is 0.250.